The highest BCUT2D eigenvalue weighted by Gasteiger charge is 2.49. The van der Waals surface area contributed by atoms with Gasteiger partial charge in [0.25, 0.3) is 0 Å². The molecule has 0 bridgehead atoms. The predicted molar refractivity (Wildman–Crippen MR) is 93.0 cm³/mol. The second-order valence-corrected chi connectivity index (χ2v) is 7.64. The second-order valence-electron chi connectivity index (χ2n) is 7.64. The average molecular weight is 327 g/mol. The Bertz CT molecular complexity index is 668. The summed E-state index contributed by atoms with van der Waals surface area (Å²) in [6.07, 6.45) is 3.72. The van der Waals surface area contributed by atoms with Gasteiger partial charge in [0.1, 0.15) is 0 Å². The van der Waals surface area contributed by atoms with Crippen LogP contribution in [0.1, 0.15) is 31.2 Å². The summed E-state index contributed by atoms with van der Waals surface area (Å²) in [6.45, 7) is 6.05. The molecule has 3 saturated heterocycles. The first-order valence-electron chi connectivity index (χ1n) is 8.97. The van der Waals surface area contributed by atoms with Gasteiger partial charge >= 0.3 is 6.03 Å². The van der Waals surface area contributed by atoms with Crippen molar-refractivity contribution in [3.05, 3.63) is 29.8 Å². The van der Waals surface area contributed by atoms with Crippen molar-refractivity contribution >= 4 is 17.6 Å². The zero-order chi connectivity index (χ0) is 16.7. The van der Waals surface area contributed by atoms with E-state index in [0.29, 0.717) is 6.42 Å². The molecule has 0 aromatic heterocycles. The minimum Gasteiger partial charge on any atom is -0.325 e. The molecule has 0 radical (unpaired) electrons. The summed E-state index contributed by atoms with van der Waals surface area (Å²) in [4.78, 5) is 31.1. The number of carbonyl (C=O) groups is 2. The lowest BCUT2D eigenvalue weighted by Gasteiger charge is -2.27. The number of urea groups is 1. The molecule has 3 aliphatic heterocycles. The van der Waals surface area contributed by atoms with E-state index in [1.165, 1.54) is 5.56 Å². The van der Waals surface area contributed by atoms with Crippen LogP contribution >= 0.6 is 0 Å². The van der Waals surface area contributed by atoms with Crippen molar-refractivity contribution in [2.75, 3.05) is 37.6 Å². The van der Waals surface area contributed by atoms with Crippen LogP contribution < -0.4 is 4.90 Å². The van der Waals surface area contributed by atoms with Crippen molar-refractivity contribution in [2.45, 2.75) is 32.6 Å². The van der Waals surface area contributed by atoms with Gasteiger partial charge in [-0.2, -0.15) is 0 Å². The topological polar surface area (TPSA) is 43.9 Å². The highest BCUT2D eigenvalue weighted by atomic mass is 16.2. The number of nitrogens with zero attached hydrogens (tertiary/aromatic N) is 3. The Balaban J connectivity index is 1.47. The van der Waals surface area contributed by atoms with Crippen LogP contribution in [0.5, 0.6) is 0 Å². The normalized spacial score (nSPS) is 26.9. The molecule has 1 spiro atoms. The summed E-state index contributed by atoms with van der Waals surface area (Å²) >= 11 is 0. The van der Waals surface area contributed by atoms with Crippen molar-refractivity contribution < 1.29 is 9.59 Å². The molecule has 1 atom stereocenters. The molecule has 5 nitrogen and oxygen atoms in total. The number of carbonyl (C=O) groups excluding carboxylic acids is 2. The van der Waals surface area contributed by atoms with Gasteiger partial charge in [-0.05, 0) is 43.9 Å². The average Bonchev–Trinajstić information content (AvgIpc) is 3.28. The van der Waals surface area contributed by atoms with E-state index in [1.54, 1.807) is 0 Å². The van der Waals surface area contributed by atoms with Crippen LogP contribution in [0, 0.1) is 12.3 Å². The molecule has 1 aromatic carbocycles. The SMILES string of the molecule is Cc1cccc(N2C[C@]3(CCN(C(=O)N4CCCC4)C3)CC2=O)c1. The monoisotopic (exact) mass is 327 g/mol. The Morgan fingerprint density at radius 1 is 1.08 bits per heavy atom. The molecular formula is C19H25N3O2. The summed E-state index contributed by atoms with van der Waals surface area (Å²) < 4.78 is 0. The number of hydrogen-bond acceptors (Lipinski definition) is 2. The molecule has 3 heterocycles. The molecule has 0 unspecified atom stereocenters. The first-order chi connectivity index (χ1) is 11.6. The van der Waals surface area contributed by atoms with Crippen LogP contribution in [-0.2, 0) is 4.79 Å². The van der Waals surface area contributed by atoms with Crippen LogP contribution in [0.4, 0.5) is 10.5 Å². The Morgan fingerprint density at radius 2 is 1.88 bits per heavy atom. The maximum atomic E-state index is 12.6. The predicted octanol–water partition coefficient (Wildman–Crippen LogP) is 2.64. The molecule has 4 rings (SSSR count). The minimum absolute atomic E-state index is 0.0593. The lowest BCUT2D eigenvalue weighted by molar-refractivity contribution is -0.117. The third kappa shape index (κ3) is 2.66. The molecule has 0 N–H and O–H groups in total. The number of rotatable bonds is 1. The van der Waals surface area contributed by atoms with Crippen LogP contribution in [0.15, 0.2) is 24.3 Å². The molecule has 5 heteroatoms. The molecular weight excluding hydrogens is 302 g/mol. The standard InChI is InChI=1S/C19H25N3O2/c1-15-5-4-6-16(11-15)22-14-19(12-17(22)23)7-10-21(13-19)18(24)20-8-2-3-9-20/h4-6,11H,2-3,7-10,12-14H2,1H3/t19-/m1/s1. The molecule has 3 fully saturated rings. The Labute approximate surface area is 143 Å². The van der Waals surface area contributed by atoms with E-state index in [0.717, 1.165) is 57.7 Å². The number of likely N-dealkylation sites (tertiary alicyclic amines) is 2. The van der Waals surface area contributed by atoms with Crippen LogP contribution in [0.3, 0.4) is 0 Å². The smallest absolute Gasteiger partial charge is 0.320 e. The van der Waals surface area contributed by atoms with Gasteiger partial charge in [-0.15, -0.1) is 0 Å². The molecule has 24 heavy (non-hydrogen) atoms. The summed E-state index contributed by atoms with van der Waals surface area (Å²) in [7, 11) is 0. The molecule has 0 aliphatic carbocycles. The zero-order valence-corrected chi connectivity index (χ0v) is 14.3. The van der Waals surface area contributed by atoms with E-state index in [-0.39, 0.29) is 17.4 Å². The van der Waals surface area contributed by atoms with Gasteiger partial charge in [0.15, 0.2) is 0 Å². The Morgan fingerprint density at radius 3 is 2.62 bits per heavy atom. The van der Waals surface area contributed by atoms with Gasteiger partial charge in [-0.25, -0.2) is 4.79 Å². The second kappa shape index (κ2) is 5.80. The third-order valence-corrected chi connectivity index (χ3v) is 5.72. The molecule has 0 saturated carbocycles. The van der Waals surface area contributed by atoms with Crippen molar-refractivity contribution in [3.63, 3.8) is 0 Å². The van der Waals surface area contributed by atoms with Crippen molar-refractivity contribution in [1.82, 2.24) is 9.80 Å². The van der Waals surface area contributed by atoms with Gasteiger partial charge < -0.3 is 14.7 Å². The fourth-order valence-electron chi connectivity index (χ4n) is 4.41. The maximum Gasteiger partial charge on any atom is 0.320 e. The van der Waals surface area contributed by atoms with Crippen molar-refractivity contribution in [3.8, 4) is 0 Å². The van der Waals surface area contributed by atoms with Crippen molar-refractivity contribution in [2.24, 2.45) is 5.41 Å². The van der Waals surface area contributed by atoms with E-state index in [4.69, 9.17) is 0 Å². The summed E-state index contributed by atoms with van der Waals surface area (Å²) in [5.74, 6) is 0.191. The Hall–Kier alpha value is -2.04. The molecule has 1 aromatic rings. The summed E-state index contributed by atoms with van der Waals surface area (Å²) in [6, 6.07) is 8.29. The first-order valence-corrected chi connectivity index (χ1v) is 8.97. The van der Waals surface area contributed by atoms with E-state index in [1.807, 2.05) is 39.8 Å². The van der Waals surface area contributed by atoms with Gasteiger partial charge in [0.2, 0.25) is 5.91 Å². The van der Waals surface area contributed by atoms with Crippen LogP contribution in [0.25, 0.3) is 0 Å². The summed E-state index contributed by atoms with van der Waals surface area (Å²) in [5, 5.41) is 0. The van der Waals surface area contributed by atoms with Gasteiger partial charge in [-0.3, -0.25) is 4.79 Å². The third-order valence-electron chi connectivity index (χ3n) is 5.72. The lowest BCUT2D eigenvalue weighted by Crippen LogP contribution is -2.42. The van der Waals surface area contributed by atoms with E-state index in [2.05, 4.69) is 6.07 Å². The fraction of sp³-hybridized carbons (Fsp3) is 0.579. The summed E-state index contributed by atoms with van der Waals surface area (Å²) in [5.41, 5.74) is 2.09. The number of anilines is 1. The van der Waals surface area contributed by atoms with E-state index < -0.39 is 0 Å². The maximum absolute atomic E-state index is 12.6. The number of benzene rings is 1. The zero-order valence-electron chi connectivity index (χ0n) is 14.3. The number of amides is 3. The fourth-order valence-corrected chi connectivity index (χ4v) is 4.41. The lowest BCUT2D eigenvalue weighted by atomic mass is 9.86. The quantitative estimate of drug-likeness (QED) is 0.796. The number of hydrogen-bond donors (Lipinski definition) is 0. The highest BCUT2D eigenvalue weighted by Crippen LogP contribution is 2.42. The van der Waals surface area contributed by atoms with E-state index >= 15 is 0 Å². The minimum atomic E-state index is -0.0593. The first kappa shape index (κ1) is 15.5. The number of aryl methyl sites for hydroxylation is 1. The largest absolute Gasteiger partial charge is 0.325 e. The van der Waals surface area contributed by atoms with Crippen LogP contribution in [-0.4, -0.2) is 54.5 Å². The molecule has 128 valence electrons. The highest BCUT2D eigenvalue weighted by molar-refractivity contribution is 5.96. The van der Waals surface area contributed by atoms with Crippen molar-refractivity contribution in [1.29, 1.82) is 0 Å². The molecule has 3 amide bonds. The van der Waals surface area contributed by atoms with Crippen LogP contribution in [0.2, 0.25) is 0 Å². The Kier molecular flexibility index (Phi) is 3.74. The van der Waals surface area contributed by atoms with Gasteiger partial charge in [0, 0.05) is 50.2 Å². The molecule has 3 aliphatic rings. The van der Waals surface area contributed by atoms with Gasteiger partial charge in [-0.1, -0.05) is 12.1 Å². The van der Waals surface area contributed by atoms with E-state index in [9.17, 15) is 9.59 Å². The van der Waals surface area contributed by atoms with Gasteiger partial charge in [0.05, 0.1) is 0 Å².